The Balaban J connectivity index is 1.83. The van der Waals surface area contributed by atoms with Gasteiger partial charge in [-0.25, -0.2) is 0 Å². The van der Waals surface area contributed by atoms with Gasteiger partial charge in [0.1, 0.15) is 6.61 Å². The number of rotatable bonds is 5. The Bertz CT molecular complexity index is 311. The lowest BCUT2D eigenvalue weighted by molar-refractivity contribution is 0.0499. The molecule has 2 heterocycles. The van der Waals surface area contributed by atoms with Crippen LogP contribution in [0, 0.1) is 0 Å². The largest absolute Gasteiger partial charge is 0.415 e. The third-order valence-corrected chi connectivity index (χ3v) is 16.1. The zero-order chi connectivity index (χ0) is 14.8. The van der Waals surface area contributed by atoms with Crippen LogP contribution >= 0.6 is 0 Å². The van der Waals surface area contributed by atoms with E-state index in [0.717, 1.165) is 19.1 Å². The first-order valence-electron chi connectivity index (χ1n) is 6.94. The van der Waals surface area contributed by atoms with E-state index >= 15 is 0 Å². The maximum Gasteiger partial charge on any atom is 0.362 e. The highest BCUT2D eigenvalue weighted by molar-refractivity contribution is 6.84. The van der Waals surface area contributed by atoms with Crippen LogP contribution in [-0.4, -0.2) is 55.2 Å². The van der Waals surface area contributed by atoms with E-state index < -0.39 is 35.7 Å². The summed E-state index contributed by atoms with van der Waals surface area (Å²) in [4.78, 5) is 0. The molecule has 2 rings (SSSR count). The molecule has 2 aliphatic heterocycles. The molecule has 0 bridgehead atoms. The van der Waals surface area contributed by atoms with Crippen molar-refractivity contribution in [2.45, 2.75) is 51.5 Å². The molecular weight excluding hydrogens is 328 g/mol. The topological polar surface area (TPSA) is 58.7 Å². The molecule has 0 amide bonds. The van der Waals surface area contributed by atoms with Gasteiger partial charge in [-0.05, 0) is 45.2 Å². The fraction of sp³-hybridized carbons (Fsp3) is 1.00. The van der Waals surface area contributed by atoms with E-state index in [1.165, 1.54) is 0 Å². The SMILES string of the molecule is C[Si]1O[Si](C)(C)O[Si](C)O[Si](C)(CCCOC2CO2)O1. The third kappa shape index (κ3) is 5.79. The molecule has 1 atom stereocenters. The van der Waals surface area contributed by atoms with E-state index in [2.05, 4.69) is 19.6 Å². The van der Waals surface area contributed by atoms with Crippen molar-refractivity contribution in [2.24, 2.45) is 0 Å². The molecule has 10 heteroatoms. The molecule has 2 radical (unpaired) electrons. The van der Waals surface area contributed by atoms with Gasteiger partial charge in [-0.2, -0.15) is 0 Å². The number of hydrogen-bond acceptors (Lipinski definition) is 6. The van der Waals surface area contributed by atoms with E-state index in [1.54, 1.807) is 0 Å². The van der Waals surface area contributed by atoms with Crippen LogP contribution in [0.1, 0.15) is 6.42 Å². The summed E-state index contributed by atoms with van der Waals surface area (Å²) in [6.45, 7) is 11.7. The van der Waals surface area contributed by atoms with Crippen LogP contribution in [-0.2, 0) is 25.9 Å². The summed E-state index contributed by atoms with van der Waals surface area (Å²) in [5.74, 6) is 0. The van der Waals surface area contributed by atoms with Gasteiger partial charge in [0.05, 0.1) is 0 Å². The summed E-state index contributed by atoms with van der Waals surface area (Å²) >= 11 is 0. The first-order valence-corrected chi connectivity index (χ1v) is 15.9. The van der Waals surface area contributed by atoms with Crippen molar-refractivity contribution in [3.8, 4) is 0 Å². The van der Waals surface area contributed by atoms with E-state index in [9.17, 15) is 0 Å². The average Bonchev–Trinajstić information content (AvgIpc) is 3.03. The second kappa shape index (κ2) is 6.81. The van der Waals surface area contributed by atoms with Gasteiger partial charge in [-0.15, -0.1) is 0 Å². The van der Waals surface area contributed by atoms with Gasteiger partial charge >= 0.3 is 35.7 Å². The number of ether oxygens (including phenoxy) is 2. The molecule has 0 saturated carbocycles. The molecule has 116 valence electrons. The van der Waals surface area contributed by atoms with Crippen molar-refractivity contribution < 1.29 is 25.9 Å². The van der Waals surface area contributed by atoms with Gasteiger partial charge in [-0.1, -0.05) is 0 Å². The standard InChI is InChI=1S/C10H24O6Si4/c1-17-13-19(3,4)14-18(2)16-20(5,15-17)8-6-7-11-10-9-12-10/h10H,6-9H2,1-5H3. The molecular formula is C10H24O6Si4. The van der Waals surface area contributed by atoms with Crippen LogP contribution in [0.2, 0.25) is 38.8 Å². The van der Waals surface area contributed by atoms with Crippen molar-refractivity contribution in [1.82, 2.24) is 0 Å². The minimum Gasteiger partial charge on any atom is -0.415 e. The van der Waals surface area contributed by atoms with Gasteiger partial charge < -0.3 is 25.9 Å². The molecule has 2 fully saturated rings. The van der Waals surface area contributed by atoms with Crippen LogP contribution in [0.4, 0.5) is 0 Å². The molecule has 0 spiro atoms. The van der Waals surface area contributed by atoms with Gasteiger partial charge in [0.25, 0.3) is 0 Å². The minimum absolute atomic E-state index is 0.0266. The summed E-state index contributed by atoms with van der Waals surface area (Å²) in [6.07, 6.45) is 0.951. The van der Waals surface area contributed by atoms with E-state index in [1.807, 2.05) is 13.1 Å². The Hall–Kier alpha value is 0.628. The van der Waals surface area contributed by atoms with Gasteiger partial charge in [0.15, 0.2) is 6.29 Å². The second-order valence-electron chi connectivity index (χ2n) is 5.66. The van der Waals surface area contributed by atoms with Crippen molar-refractivity contribution in [1.29, 1.82) is 0 Å². The van der Waals surface area contributed by atoms with E-state index in [-0.39, 0.29) is 6.29 Å². The van der Waals surface area contributed by atoms with E-state index in [4.69, 9.17) is 25.9 Å². The summed E-state index contributed by atoms with van der Waals surface area (Å²) in [6, 6.07) is 0.901. The van der Waals surface area contributed by atoms with Crippen molar-refractivity contribution in [3.05, 3.63) is 0 Å². The molecule has 2 saturated heterocycles. The highest BCUT2D eigenvalue weighted by atomic mass is 28.5. The molecule has 20 heavy (non-hydrogen) atoms. The lowest BCUT2D eigenvalue weighted by atomic mass is 10.5. The molecule has 0 aliphatic carbocycles. The highest BCUT2D eigenvalue weighted by Crippen LogP contribution is 2.25. The van der Waals surface area contributed by atoms with Crippen molar-refractivity contribution >= 4 is 35.7 Å². The zero-order valence-corrected chi connectivity index (χ0v) is 16.9. The summed E-state index contributed by atoms with van der Waals surface area (Å²) < 4.78 is 34.9. The summed E-state index contributed by atoms with van der Waals surface area (Å²) in [5, 5.41) is 0. The Morgan fingerprint density at radius 3 is 2.10 bits per heavy atom. The van der Waals surface area contributed by atoms with Gasteiger partial charge in [0, 0.05) is 6.61 Å². The second-order valence-corrected chi connectivity index (χ2v) is 16.5. The molecule has 1 unspecified atom stereocenters. The van der Waals surface area contributed by atoms with Crippen LogP contribution in [0.3, 0.4) is 0 Å². The predicted molar refractivity (Wildman–Crippen MR) is 81.8 cm³/mol. The molecule has 0 N–H and O–H groups in total. The van der Waals surface area contributed by atoms with Crippen LogP contribution in [0.15, 0.2) is 0 Å². The fourth-order valence-corrected chi connectivity index (χ4v) is 16.4. The Morgan fingerprint density at radius 1 is 1.05 bits per heavy atom. The average molecular weight is 353 g/mol. The smallest absolute Gasteiger partial charge is 0.362 e. The Kier molecular flexibility index (Phi) is 5.78. The minimum atomic E-state index is -2.22. The molecule has 6 nitrogen and oxygen atoms in total. The van der Waals surface area contributed by atoms with Gasteiger partial charge in [0.2, 0.25) is 0 Å². The highest BCUT2D eigenvalue weighted by Gasteiger charge is 2.44. The predicted octanol–water partition coefficient (Wildman–Crippen LogP) is 1.84. The van der Waals surface area contributed by atoms with Crippen LogP contribution < -0.4 is 0 Å². The molecule has 0 aromatic carbocycles. The molecule has 0 aromatic rings. The normalized spacial score (nSPS) is 30.8. The first-order chi connectivity index (χ1) is 9.28. The summed E-state index contributed by atoms with van der Waals surface area (Å²) in [7, 11) is -6.91. The first kappa shape index (κ1) is 17.0. The Morgan fingerprint density at radius 2 is 1.60 bits per heavy atom. The molecule has 0 aromatic heterocycles. The third-order valence-electron chi connectivity index (χ3n) is 2.88. The fourth-order valence-electron chi connectivity index (χ4n) is 2.23. The monoisotopic (exact) mass is 352 g/mol. The maximum atomic E-state index is 6.20. The lowest BCUT2D eigenvalue weighted by Gasteiger charge is -2.39. The summed E-state index contributed by atoms with van der Waals surface area (Å²) in [5.41, 5.74) is 0. The molecule has 2 aliphatic rings. The number of epoxide rings is 1. The number of hydrogen-bond donors (Lipinski definition) is 0. The lowest BCUT2D eigenvalue weighted by Crippen LogP contribution is -2.56. The van der Waals surface area contributed by atoms with Crippen LogP contribution in [0.5, 0.6) is 0 Å². The van der Waals surface area contributed by atoms with Crippen molar-refractivity contribution in [3.63, 3.8) is 0 Å². The maximum absolute atomic E-state index is 6.20. The Labute approximate surface area is 126 Å². The van der Waals surface area contributed by atoms with E-state index in [0.29, 0.717) is 6.61 Å². The van der Waals surface area contributed by atoms with Crippen LogP contribution in [0.25, 0.3) is 0 Å². The van der Waals surface area contributed by atoms with Crippen molar-refractivity contribution in [2.75, 3.05) is 13.2 Å². The van der Waals surface area contributed by atoms with Gasteiger partial charge in [-0.3, -0.25) is 0 Å². The quantitative estimate of drug-likeness (QED) is 0.427. The zero-order valence-electron chi connectivity index (χ0n) is 12.9.